The maximum Gasteiger partial charge on any atom is 0.228 e. The van der Waals surface area contributed by atoms with Crippen LogP contribution < -0.4 is 5.32 Å². The van der Waals surface area contributed by atoms with Crippen molar-refractivity contribution in [3.8, 4) is 0 Å². The van der Waals surface area contributed by atoms with Crippen LogP contribution in [0.4, 0.5) is 5.69 Å². The first-order valence-electron chi connectivity index (χ1n) is 9.39. The molecule has 0 unspecified atom stereocenters. The first kappa shape index (κ1) is 21.5. The lowest BCUT2D eigenvalue weighted by Gasteiger charge is -2.31. The van der Waals surface area contributed by atoms with Crippen LogP contribution >= 0.6 is 11.6 Å². The molecular weight excluding hydrogens is 412 g/mol. The van der Waals surface area contributed by atoms with Crippen molar-refractivity contribution in [1.82, 2.24) is 4.31 Å². The van der Waals surface area contributed by atoms with E-state index in [1.54, 1.807) is 48.5 Å². The number of nitrogens with zero attached hydrogens (tertiary/aromatic N) is 1. The molecule has 1 aliphatic heterocycles. The average Bonchev–Trinajstić information content (AvgIpc) is 2.70. The van der Waals surface area contributed by atoms with Crippen LogP contribution in [-0.2, 0) is 20.6 Å². The summed E-state index contributed by atoms with van der Waals surface area (Å²) in [6, 6.07) is 13.6. The van der Waals surface area contributed by atoms with Crippen LogP contribution in [0.2, 0.25) is 5.02 Å². The number of halogens is 1. The van der Waals surface area contributed by atoms with Gasteiger partial charge >= 0.3 is 0 Å². The Balaban J connectivity index is 1.68. The number of carbonyl (C=O) groups excluding carboxylic acids is 2. The molecule has 0 saturated carbocycles. The van der Waals surface area contributed by atoms with E-state index in [-0.39, 0.29) is 24.0 Å². The van der Waals surface area contributed by atoms with Crippen molar-refractivity contribution >= 4 is 39.0 Å². The van der Waals surface area contributed by atoms with E-state index >= 15 is 0 Å². The largest absolute Gasteiger partial charge is 0.326 e. The molecule has 0 aromatic heterocycles. The fraction of sp³-hybridized carbons (Fsp3) is 0.333. The molecule has 0 spiro atoms. The quantitative estimate of drug-likeness (QED) is 0.702. The van der Waals surface area contributed by atoms with E-state index in [2.05, 4.69) is 5.32 Å². The number of Topliss-reactive ketones (excluding diaryl/α,β-unsaturated/α-hetero) is 1. The summed E-state index contributed by atoms with van der Waals surface area (Å²) < 4.78 is 27.1. The first-order valence-corrected chi connectivity index (χ1v) is 11.4. The molecule has 1 aliphatic rings. The molecule has 0 radical (unpaired) electrons. The lowest BCUT2D eigenvalue weighted by atomic mass is 9.98. The molecule has 8 heteroatoms. The van der Waals surface area contributed by atoms with Gasteiger partial charge in [-0.1, -0.05) is 41.9 Å². The molecular formula is C21H23ClN2O4S. The van der Waals surface area contributed by atoms with Crippen LogP contribution in [0.25, 0.3) is 0 Å². The number of nitrogens with one attached hydrogen (secondary N) is 1. The van der Waals surface area contributed by atoms with Crippen molar-refractivity contribution in [2.45, 2.75) is 25.5 Å². The normalized spacial score (nSPS) is 17.7. The molecule has 3 rings (SSSR count). The van der Waals surface area contributed by atoms with E-state index in [9.17, 15) is 18.0 Å². The third-order valence-electron chi connectivity index (χ3n) is 4.98. The highest BCUT2D eigenvalue weighted by Crippen LogP contribution is 2.25. The van der Waals surface area contributed by atoms with Crippen molar-refractivity contribution in [1.29, 1.82) is 0 Å². The molecule has 6 nitrogen and oxygen atoms in total. The Bertz CT molecular complexity index is 1020. The molecule has 154 valence electrons. The maximum absolute atomic E-state index is 12.9. The molecule has 1 N–H and O–H groups in total. The number of benzene rings is 2. The Labute approximate surface area is 175 Å². The van der Waals surface area contributed by atoms with Crippen LogP contribution in [0, 0.1) is 5.92 Å². The number of amides is 1. The Hall–Kier alpha value is -2.22. The highest BCUT2D eigenvalue weighted by molar-refractivity contribution is 7.88. The van der Waals surface area contributed by atoms with E-state index in [1.165, 1.54) is 11.2 Å². The molecule has 0 aliphatic carbocycles. The molecule has 1 saturated heterocycles. The van der Waals surface area contributed by atoms with Crippen LogP contribution in [0.5, 0.6) is 0 Å². The maximum atomic E-state index is 12.9. The summed E-state index contributed by atoms with van der Waals surface area (Å²) in [4.78, 5) is 24.2. The second-order valence-corrected chi connectivity index (χ2v) is 9.55. The van der Waals surface area contributed by atoms with Gasteiger partial charge in [0.1, 0.15) is 0 Å². The van der Waals surface area contributed by atoms with Gasteiger partial charge in [-0.25, -0.2) is 12.7 Å². The van der Waals surface area contributed by atoms with Crippen LogP contribution in [0.15, 0.2) is 48.5 Å². The average molecular weight is 435 g/mol. The zero-order chi connectivity index (χ0) is 21.0. The summed E-state index contributed by atoms with van der Waals surface area (Å²) in [5.41, 5.74) is 1.58. The molecule has 29 heavy (non-hydrogen) atoms. The predicted molar refractivity (Wildman–Crippen MR) is 113 cm³/mol. The van der Waals surface area contributed by atoms with Gasteiger partial charge < -0.3 is 5.32 Å². The number of hydrogen-bond donors (Lipinski definition) is 1. The molecule has 1 atom stereocenters. The summed E-state index contributed by atoms with van der Waals surface area (Å²) in [5.74, 6) is -0.980. The number of ketones is 1. The second kappa shape index (κ2) is 9.07. The number of carbonyl (C=O) groups is 2. The highest BCUT2D eigenvalue weighted by atomic mass is 35.5. The number of anilines is 1. The number of rotatable bonds is 6. The van der Waals surface area contributed by atoms with Gasteiger partial charge in [-0.15, -0.1) is 0 Å². The van der Waals surface area contributed by atoms with Crippen LogP contribution in [-0.4, -0.2) is 37.5 Å². The number of sulfonamides is 1. The van der Waals surface area contributed by atoms with E-state index < -0.39 is 15.9 Å². The van der Waals surface area contributed by atoms with Gasteiger partial charge in [0.15, 0.2) is 5.78 Å². The molecule has 1 heterocycles. The van der Waals surface area contributed by atoms with Crippen LogP contribution in [0.3, 0.4) is 0 Å². The lowest BCUT2D eigenvalue weighted by molar-refractivity contribution is -0.120. The number of hydrogen-bond acceptors (Lipinski definition) is 4. The summed E-state index contributed by atoms with van der Waals surface area (Å²) in [5, 5.41) is 3.21. The van der Waals surface area contributed by atoms with Gasteiger partial charge in [0.25, 0.3) is 0 Å². The number of piperidine rings is 1. The summed E-state index contributed by atoms with van der Waals surface area (Å²) >= 11 is 6.10. The third-order valence-corrected chi connectivity index (χ3v) is 7.14. The van der Waals surface area contributed by atoms with Crippen molar-refractivity contribution in [2.75, 3.05) is 18.4 Å². The molecule has 1 fully saturated rings. The molecule has 0 bridgehead atoms. The van der Waals surface area contributed by atoms with Crippen LogP contribution in [0.1, 0.15) is 35.7 Å². The van der Waals surface area contributed by atoms with Gasteiger partial charge in [0, 0.05) is 29.4 Å². The van der Waals surface area contributed by atoms with E-state index in [0.29, 0.717) is 41.2 Å². The SMILES string of the molecule is CC(=O)c1cccc(NC(=O)[C@H]2CCCN(S(=O)(=O)Cc3ccccc3Cl)C2)c1. The summed E-state index contributed by atoms with van der Waals surface area (Å²) in [6.45, 7) is 1.98. The molecule has 1 amide bonds. The monoisotopic (exact) mass is 434 g/mol. The minimum absolute atomic E-state index is 0.0874. The lowest BCUT2D eigenvalue weighted by Crippen LogP contribution is -2.44. The predicted octanol–water partition coefficient (Wildman–Crippen LogP) is 3.72. The van der Waals surface area contributed by atoms with Crippen molar-refractivity contribution in [2.24, 2.45) is 5.92 Å². The van der Waals surface area contributed by atoms with Crippen molar-refractivity contribution in [3.05, 3.63) is 64.7 Å². The van der Waals surface area contributed by atoms with E-state index in [1.807, 2.05) is 0 Å². The summed E-state index contributed by atoms with van der Waals surface area (Å²) in [7, 11) is -3.59. The van der Waals surface area contributed by atoms with Gasteiger partial charge in [-0.3, -0.25) is 9.59 Å². The van der Waals surface area contributed by atoms with Crippen molar-refractivity contribution < 1.29 is 18.0 Å². The Morgan fingerprint density at radius 1 is 1.17 bits per heavy atom. The minimum Gasteiger partial charge on any atom is -0.326 e. The third kappa shape index (κ3) is 5.44. The zero-order valence-electron chi connectivity index (χ0n) is 16.1. The van der Waals surface area contributed by atoms with E-state index in [4.69, 9.17) is 11.6 Å². The standard InChI is InChI=1S/C21H23ClN2O4S/c1-15(25)16-7-4-9-19(12-16)23-21(26)17-8-5-11-24(13-17)29(27,28)14-18-6-2-3-10-20(18)22/h2-4,6-7,9-10,12,17H,5,8,11,13-14H2,1H3,(H,23,26)/t17-/m0/s1. The van der Waals surface area contributed by atoms with E-state index in [0.717, 1.165) is 0 Å². The molecule has 2 aromatic rings. The smallest absolute Gasteiger partial charge is 0.228 e. The molecule has 2 aromatic carbocycles. The zero-order valence-corrected chi connectivity index (χ0v) is 17.7. The fourth-order valence-corrected chi connectivity index (χ4v) is 5.30. The van der Waals surface area contributed by atoms with Crippen molar-refractivity contribution in [3.63, 3.8) is 0 Å². The van der Waals surface area contributed by atoms with Gasteiger partial charge in [0.2, 0.25) is 15.9 Å². The highest BCUT2D eigenvalue weighted by Gasteiger charge is 2.32. The Kier molecular flexibility index (Phi) is 6.72. The Morgan fingerprint density at radius 3 is 2.66 bits per heavy atom. The van der Waals surface area contributed by atoms with Gasteiger partial charge in [-0.05, 0) is 43.5 Å². The Morgan fingerprint density at radius 2 is 1.93 bits per heavy atom. The van der Waals surface area contributed by atoms with Gasteiger partial charge in [0.05, 0.1) is 11.7 Å². The topological polar surface area (TPSA) is 83.6 Å². The second-order valence-electron chi connectivity index (χ2n) is 7.17. The fourth-order valence-electron chi connectivity index (χ4n) is 3.37. The van der Waals surface area contributed by atoms with Gasteiger partial charge in [-0.2, -0.15) is 0 Å². The summed E-state index contributed by atoms with van der Waals surface area (Å²) in [6.07, 6.45) is 1.21. The minimum atomic E-state index is -3.59. The first-order chi connectivity index (χ1) is 13.8.